The number of rotatable bonds is 1. The lowest BCUT2D eigenvalue weighted by Crippen LogP contribution is -2.42. The van der Waals surface area contributed by atoms with Crippen molar-refractivity contribution in [1.29, 1.82) is 0 Å². The van der Waals surface area contributed by atoms with Crippen molar-refractivity contribution >= 4 is 5.91 Å². The van der Waals surface area contributed by atoms with Gasteiger partial charge in [0.2, 0.25) is 0 Å². The zero-order chi connectivity index (χ0) is 15.0. The van der Waals surface area contributed by atoms with Gasteiger partial charge >= 0.3 is 6.18 Å². The molecule has 6 heteroatoms. The van der Waals surface area contributed by atoms with Crippen molar-refractivity contribution in [2.24, 2.45) is 0 Å². The van der Waals surface area contributed by atoms with Crippen LogP contribution in [0.25, 0.3) is 0 Å². The minimum Gasteiger partial charge on any atom is -0.331 e. The molecule has 1 aromatic rings. The Hall–Kier alpha value is -1.56. The molecule has 2 fully saturated rings. The molecule has 0 saturated carbocycles. The van der Waals surface area contributed by atoms with Crippen LogP contribution in [0, 0.1) is 0 Å². The summed E-state index contributed by atoms with van der Waals surface area (Å²) < 4.78 is 38.3. The first kappa shape index (κ1) is 14.4. The minimum atomic E-state index is -4.42. The predicted molar refractivity (Wildman–Crippen MR) is 71.9 cm³/mol. The van der Waals surface area contributed by atoms with E-state index in [2.05, 4.69) is 5.32 Å². The maximum absolute atomic E-state index is 12.8. The van der Waals surface area contributed by atoms with Crippen LogP contribution in [0.3, 0.4) is 0 Å². The van der Waals surface area contributed by atoms with Gasteiger partial charge in [-0.25, -0.2) is 0 Å². The van der Waals surface area contributed by atoms with Gasteiger partial charge in [0.15, 0.2) is 0 Å². The van der Waals surface area contributed by atoms with Gasteiger partial charge < -0.3 is 10.2 Å². The summed E-state index contributed by atoms with van der Waals surface area (Å²) in [6, 6.07) is 4.96. The second-order valence-corrected chi connectivity index (χ2v) is 5.67. The van der Waals surface area contributed by atoms with Crippen LogP contribution in [0.5, 0.6) is 0 Å². The number of nitrogens with zero attached hydrogens (tertiary/aromatic N) is 1. The molecule has 2 unspecified atom stereocenters. The number of hydrogen-bond donors (Lipinski definition) is 1. The van der Waals surface area contributed by atoms with Crippen molar-refractivity contribution < 1.29 is 18.0 Å². The Morgan fingerprint density at radius 1 is 1.19 bits per heavy atom. The van der Waals surface area contributed by atoms with E-state index in [1.807, 2.05) is 0 Å². The molecule has 3 nitrogen and oxygen atoms in total. The standard InChI is InChI=1S/C15H17F3N2O/c16-15(17,18)11-3-1-2-10(8-11)14(21)20-12-4-5-13(20)9-19-7-6-12/h1-3,8,12-13,19H,4-7,9H2. The van der Waals surface area contributed by atoms with Gasteiger partial charge in [-0.1, -0.05) is 6.07 Å². The highest BCUT2D eigenvalue weighted by molar-refractivity contribution is 5.95. The highest BCUT2D eigenvalue weighted by Gasteiger charge is 2.39. The van der Waals surface area contributed by atoms with E-state index in [0.29, 0.717) is 0 Å². The smallest absolute Gasteiger partial charge is 0.331 e. The number of carbonyl (C=O) groups is 1. The summed E-state index contributed by atoms with van der Waals surface area (Å²) in [5, 5.41) is 3.28. The molecule has 2 aliphatic heterocycles. The van der Waals surface area contributed by atoms with Gasteiger partial charge in [-0.05, 0) is 44.0 Å². The first-order chi connectivity index (χ1) is 9.97. The van der Waals surface area contributed by atoms with E-state index in [-0.39, 0.29) is 23.6 Å². The number of alkyl halides is 3. The van der Waals surface area contributed by atoms with Crippen LogP contribution in [0.4, 0.5) is 13.2 Å². The fraction of sp³-hybridized carbons (Fsp3) is 0.533. The summed E-state index contributed by atoms with van der Waals surface area (Å²) in [5.41, 5.74) is -0.641. The third-order valence-corrected chi connectivity index (χ3v) is 4.33. The number of benzene rings is 1. The van der Waals surface area contributed by atoms with Crippen molar-refractivity contribution in [2.45, 2.75) is 37.5 Å². The van der Waals surface area contributed by atoms with E-state index in [1.165, 1.54) is 12.1 Å². The Morgan fingerprint density at radius 2 is 1.95 bits per heavy atom. The summed E-state index contributed by atoms with van der Waals surface area (Å²) >= 11 is 0. The maximum Gasteiger partial charge on any atom is 0.416 e. The van der Waals surface area contributed by atoms with E-state index in [1.54, 1.807) is 4.90 Å². The van der Waals surface area contributed by atoms with Gasteiger partial charge in [-0.2, -0.15) is 13.2 Å². The molecule has 114 valence electrons. The zero-order valence-electron chi connectivity index (χ0n) is 11.5. The molecule has 1 aromatic carbocycles. The SMILES string of the molecule is O=C(c1cccc(C(F)(F)F)c1)N1C2CCNCC1CC2. The summed E-state index contributed by atoms with van der Waals surface area (Å²) in [6.07, 6.45) is -1.70. The molecule has 0 aromatic heterocycles. The lowest BCUT2D eigenvalue weighted by Gasteiger charge is -2.28. The van der Waals surface area contributed by atoms with E-state index < -0.39 is 11.7 Å². The average Bonchev–Trinajstić information content (AvgIpc) is 2.70. The second-order valence-electron chi connectivity index (χ2n) is 5.67. The van der Waals surface area contributed by atoms with Crippen LogP contribution in [-0.4, -0.2) is 36.0 Å². The number of hydrogen-bond acceptors (Lipinski definition) is 2. The second kappa shape index (κ2) is 5.33. The molecule has 2 saturated heterocycles. The maximum atomic E-state index is 12.8. The van der Waals surface area contributed by atoms with Crippen LogP contribution in [0.1, 0.15) is 35.2 Å². The summed E-state index contributed by atoms with van der Waals surface area (Å²) in [7, 11) is 0. The van der Waals surface area contributed by atoms with Crippen LogP contribution in [-0.2, 0) is 6.18 Å². The summed E-state index contributed by atoms with van der Waals surface area (Å²) in [4.78, 5) is 14.4. The minimum absolute atomic E-state index is 0.0968. The molecule has 0 spiro atoms. The normalized spacial score (nSPS) is 25.8. The van der Waals surface area contributed by atoms with Gasteiger partial charge in [0, 0.05) is 24.2 Å². The molecule has 2 atom stereocenters. The van der Waals surface area contributed by atoms with Crippen LogP contribution in [0.15, 0.2) is 24.3 Å². The molecule has 2 bridgehead atoms. The average molecular weight is 298 g/mol. The van der Waals surface area contributed by atoms with Gasteiger partial charge in [-0.15, -0.1) is 0 Å². The summed E-state index contributed by atoms with van der Waals surface area (Å²) in [5.74, 6) is -0.280. The Morgan fingerprint density at radius 3 is 2.71 bits per heavy atom. The topological polar surface area (TPSA) is 32.3 Å². The molecular formula is C15H17F3N2O. The molecule has 1 N–H and O–H groups in total. The largest absolute Gasteiger partial charge is 0.416 e. The third-order valence-electron chi connectivity index (χ3n) is 4.33. The molecule has 21 heavy (non-hydrogen) atoms. The number of carbonyl (C=O) groups excluding carboxylic acids is 1. The quantitative estimate of drug-likeness (QED) is 0.864. The Kier molecular flexibility index (Phi) is 3.65. The van der Waals surface area contributed by atoms with Crippen molar-refractivity contribution in [2.75, 3.05) is 13.1 Å². The fourth-order valence-corrected chi connectivity index (χ4v) is 3.29. The van der Waals surface area contributed by atoms with Crippen molar-refractivity contribution in [3.8, 4) is 0 Å². The zero-order valence-corrected chi connectivity index (χ0v) is 11.5. The summed E-state index contributed by atoms with van der Waals surface area (Å²) in [6.45, 7) is 1.58. The van der Waals surface area contributed by atoms with Crippen LogP contribution in [0.2, 0.25) is 0 Å². The van der Waals surface area contributed by atoms with E-state index in [0.717, 1.165) is 44.5 Å². The van der Waals surface area contributed by atoms with Crippen LogP contribution < -0.4 is 5.32 Å². The number of halogens is 3. The van der Waals surface area contributed by atoms with Gasteiger partial charge in [-0.3, -0.25) is 4.79 Å². The van der Waals surface area contributed by atoms with Crippen molar-refractivity contribution in [3.05, 3.63) is 35.4 Å². The van der Waals surface area contributed by atoms with Gasteiger partial charge in [0.1, 0.15) is 0 Å². The molecule has 0 radical (unpaired) electrons. The third kappa shape index (κ3) is 2.77. The lowest BCUT2D eigenvalue weighted by molar-refractivity contribution is -0.137. The highest BCUT2D eigenvalue weighted by atomic mass is 19.4. The van der Waals surface area contributed by atoms with Gasteiger partial charge in [0.05, 0.1) is 5.56 Å². The Bertz CT molecular complexity index is 530. The van der Waals surface area contributed by atoms with Crippen molar-refractivity contribution in [1.82, 2.24) is 10.2 Å². The Balaban J connectivity index is 1.88. The van der Waals surface area contributed by atoms with E-state index in [4.69, 9.17) is 0 Å². The highest BCUT2D eigenvalue weighted by Crippen LogP contribution is 2.32. The molecule has 1 amide bonds. The lowest BCUT2D eigenvalue weighted by atomic mass is 10.1. The first-order valence-electron chi connectivity index (χ1n) is 7.17. The molecule has 0 aliphatic carbocycles. The Labute approximate surface area is 121 Å². The number of nitrogens with one attached hydrogen (secondary N) is 1. The fourth-order valence-electron chi connectivity index (χ4n) is 3.29. The monoisotopic (exact) mass is 298 g/mol. The van der Waals surface area contributed by atoms with Crippen LogP contribution >= 0.6 is 0 Å². The van der Waals surface area contributed by atoms with E-state index >= 15 is 0 Å². The molecule has 2 aliphatic rings. The number of amides is 1. The van der Waals surface area contributed by atoms with Crippen molar-refractivity contribution in [3.63, 3.8) is 0 Å². The first-order valence-corrected chi connectivity index (χ1v) is 7.17. The molecule has 2 heterocycles. The molecular weight excluding hydrogens is 281 g/mol. The predicted octanol–water partition coefficient (Wildman–Crippen LogP) is 2.67. The van der Waals surface area contributed by atoms with E-state index in [9.17, 15) is 18.0 Å². The van der Waals surface area contributed by atoms with Gasteiger partial charge in [0.25, 0.3) is 5.91 Å². The molecule has 3 rings (SSSR count). The number of fused-ring (bicyclic) bond motifs is 2.